The Morgan fingerprint density at radius 2 is 2.31 bits per heavy atom. The highest BCUT2D eigenvalue weighted by Crippen LogP contribution is 2.28. The first-order chi connectivity index (χ1) is 7.72. The fourth-order valence-corrected chi connectivity index (χ4v) is 2.08. The second-order valence-electron chi connectivity index (χ2n) is 4.40. The molecule has 2 aliphatic rings. The third-order valence-corrected chi connectivity index (χ3v) is 3.13. The Balaban J connectivity index is 1.99. The molecule has 0 aromatic heterocycles. The molecule has 1 N–H and O–H groups in total. The number of carbonyl (C=O) groups excluding carboxylic acids is 2. The maximum Gasteiger partial charge on any atom is 0.307 e. The van der Waals surface area contributed by atoms with Gasteiger partial charge in [0.1, 0.15) is 0 Å². The molecule has 1 saturated carbocycles. The van der Waals surface area contributed by atoms with Crippen molar-refractivity contribution in [1.82, 2.24) is 10.2 Å². The van der Waals surface area contributed by atoms with Gasteiger partial charge in [-0.15, -0.1) is 0 Å². The molecule has 0 aromatic carbocycles. The van der Waals surface area contributed by atoms with Gasteiger partial charge in [0.15, 0.2) is 0 Å². The van der Waals surface area contributed by atoms with Crippen LogP contribution < -0.4 is 5.32 Å². The highest BCUT2D eigenvalue weighted by atomic mass is 16.5. The normalized spacial score (nSPS) is 26.4. The molecule has 0 bridgehead atoms. The maximum atomic E-state index is 12.1. The van der Waals surface area contributed by atoms with Crippen LogP contribution in [0.3, 0.4) is 0 Å². The lowest BCUT2D eigenvalue weighted by Gasteiger charge is -2.23. The molecule has 0 radical (unpaired) electrons. The number of nitrogens with zero attached hydrogens (tertiary/aromatic N) is 1. The van der Waals surface area contributed by atoms with Crippen molar-refractivity contribution in [1.29, 1.82) is 0 Å². The lowest BCUT2D eigenvalue weighted by atomic mass is 10.2. The second kappa shape index (κ2) is 4.82. The fourth-order valence-electron chi connectivity index (χ4n) is 2.08. The number of ether oxygens (including phenoxy) is 1. The van der Waals surface area contributed by atoms with Crippen LogP contribution in [0.5, 0.6) is 0 Å². The van der Waals surface area contributed by atoms with Crippen LogP contribution >= 0.6 is 0 Å². The highest BCUT2D eigenvalue weighted by Gasteiger charge is 2.37. The van der Waals surface area contributed by atoms with Gasteiger partial charge in [0.2, 0.25) is 5.91 Å². The number of carbonyl (C=O) groups is 2. The Hall–Kier alpha value is -1.10. The number of esters is 1. The molecule has 1 unspecified atom stereocenters. The molecule has 0 spiro atoms. The SMILES string of the molecule is COC(=O)CC1NCCCN(C2CC2)C1=O. The molecule has 1 aliphatic carbocycles. The minimum absolute atomic E-state index is 0.0606. The molecule has 16 heavy (non-hydrogen) atoms. The predicted octanol–water partition coefficient (Wildman–Crippen LogP) is -0.0976. The van der Waals surface area contributed by atoms with Gasteiger partial charge in [-0.1, -0.05) is 0 Å². The average molecular weight is 226 g/mol. The Kier molecular flexibility index (Phi) is 3.43. The van der Waals surface area contributed by atoms with Crippen molar-refractivity contribution in [2.75, 3.05) is 20.2 Å². The fraction of sp³-hybridized carbons (Fsp3) is 0.818. The number of nitrogens with one attached hydrogen (secondary N) is 1. The van der Waals surface area contributed by atoms with Crippen molar-refractivity contribution in [2.45, 2.75) is 37.8 Å². The molecule has 2 fully saturated rings. The maximum absolute atomic E-state index is 12.1. The molecule has 1 saturated heterocycles. The standard InChI is InChI=1S/C11H18N2O3/c1-16-10(14)7-9-11(15)13(8-3-4-8)6-2-5-12-9/h8-9,12H,2-7H2,1H3. The summed E-state index contributed by atoms with van der Waals surface area (Å²) in [5, 5.41) is 3.12. The van der Waals surface area contributed by atoms with Gasteiger partial charge in [-0.25, -0.2) is 0 Å². The van der Waals surface area contributed by atoms with E-state index in [-0.39, 0.29) is 18.3 Å². The third-order valence-electron chi connectivity index (χ3n) is 3.13. The summed E-state index contributed by atoms with van der Waals surface area (Å²) in [5.74, 6) is -0.270. The van der Waals surface area contributed by atoms with Gasteiger partial charge < -0.3 is 15.0 Å². The topological polar surface area (TPSA) is 58.6 Å². The molecule has 5 heteroatoms. The van der Waals surface area contributed by atoms with Gasteiger partial charge in [0.05, 0.1) is 19.6 Å². The minimum Gasteiger partial charge on any atom is -0.469 e. The summed E-state index contributed by atoms with van der Waals surface area (Å²) in [5.41, 5.74) is 0. The number of amides is 1. The number of hydrogen-bond donors (Lipinski definition) is 1. The summed E-state index contributed by atoms with van der Waals surface area (Å²) < 4.78 is 4.60. The molecular formula is C11H18N2O3. The van der Waals surface area contributed by atoms with Crippen LogP contribution in [0, 0.1) is 0 Å². The Labute approximate surface area is 95.1 Å². The zero-order valence-electron chi connectivity index (χ0n) is 9.57. The van der Waals surface area contributed by atoms with E-state index in [1.807, 2.05) is 4.90 Å². The van der Waals surface area contributed by atoms with Gasteiger partial charge in [-0.2, -0.15) is 0 Å². The van der Waals surface area contributed by atoms with E-state index in [9.17, 15) is 9.59 Å². The number of methoxy groups -OCH3 is 1. The van der Waals surface area contributed by atoms with Crippen molar-refractivity contribution < 1.29 is 14.3 Å². The lowest BCUT2D eigenvalue weighted by Crippen LogP contribution is -2.45. The van der Waals surface area contributed by atoms with E-state index < -0.39 is 6.04 Å². The Bertz CT molecular complexity index is 289. The molecule has 1 aliphatic heterocycles. The van der Waals surface area contributed by atoms with E-state index in [4.69, 9.17) is 0 Å². The summed E-state index contributed by atoms with van der Waals surface area (Å²) in [6, 6.07) is 0.0306. The van der Waals surface area contributed by atoms with E-state index in [2.05, 4.69) is 10.1 Å². The van der Waals surface area contributed by atoms with E-state index in [0.717, 1.165) is 32.4 Å². The van der Waals surface area contributed by atoms with Crippen LogP contribution in [0.4, 0.5) is 0 Å². The highest BCUT2D eigenvalue weighted by molar-refractivity contribution is 5.87. The zero-order chi connectivity index (χ0) is 11.5. The zero-order valence-corrected chi connectivity index (χ0v) is 9.57. The van der Waals surface area contributed by atoms with Crippen LogP contribution in [0.1, 0.15) is 25.7 Å². The van der Waals surface area contributed by atoms with Gasteiger partial charge in [0.25, 0.3) is 0 Å². The van der Waals surface area contributed by atoms with Gasteiger partial charge in [-0.3, -0.25) is 9.59 Å². The van der Waals surface area contributed by atoms with Crippen LogP contribution in [-0.2, 0) is 14.3 Å². The molecule has 90 valence electrons. The average Bonchev–Trinajstić information content (AvgIpc) is 3.09. The Morgan fingerprint density at radius 3 is 2.94 bits per heavy atom. The summed E-state index contributed by atoms with van der Waals surface area (Å²) in [7, 11) is 1.35. The van der Waals surface area contributed by atoms with E-state index in [1.165, 1.54) is 7.11 Å². The van der Waals surface area contributed by atoms with Crippen LogP contribution in [0.2, 0.25) is 0 Å². The lowest BCUT2D eigenvalue weighted by molar-refractivity contribution is -0.145. The molecule has 1 amide bonds. The largest absolute Gasteiger partial charge is 0.469 e. The third kappa shape index (κ3) is 2.52. The molecular weight excluding hydrogens is 208 g/mol. The quantitative estimate of drug-likeness (QED) is 0.683. The first kappa shape index (κ1) is 11.4. The summed E-state index contributed by atoms with van der Waals surface area (Å²) in [6.07, 6.45) is 3.31. The van der Waals surface area contributed by atoms with E-state index in [0.29, 0.717) is 6.04 Å². The summed E-state index contributed by atoms with van der Waals surface area (Å²) >= 11 is 0. The number of rotatable bonds is 3. The second-order valence-corrected chi connectivity index (χ2v) is 4.40. The predicted molar refractivity (Wildman–Crippen MR) is 57.8 cm³/mol. The van der Waals surface area contributed by atoms with Crippen LogP contribution in [0.15, 0.2) is 0 Å². The van der Waals surface area contributed by atoms with Crippen LogP contribution in [-0.4, -0.2) is 49.1 Å². The summed E-state index contributed by atoms with van der Waals surface area (Å²) in [4.78, 5) is 25.3. The molecule has 2 rings (SSSR count). The molecule has 0 aromatic rings. The minimum atomic E-state index is -0.393. The van der Waals surface area contributed by atoms with Gasteiger partial charge in [-0.05, 0) is 25.8 Å². The van der Waals surface area contributed by atoms with Crippen molar-refractivity contribution in [3.8, 4) is 0 Å². The van der Waals surface area contributed by atoms with E-state index >= 15 is 0 Å². The van der Waals surface area contributed by atoms with Gasteiger partial charge >= 0.3 is 5.97 Å². The van der Waals surface area contributed by atoms with Crippen molar-refractivity contribution in [3.05, 3.63) is 0 Å². The van der Waals surface area contributed by atoms with Crippen molar-refractivity contribution >= 4 is 11.9 Å². The smallest absolute Gasteiger partial charge is 0.307 e. The molecule has 5 nitrogen and oxygen atoms in total. The Morgan fingerprint density at radius 1 is 1.56 bits per heavy atom. The molecule has 1 atom stereocenters. The number of hydrogen-bond acceptors (Lipinski definition) is 4. The van der Waals surface area contributed by atoms with E-state index in [1.54, 1.807) is 0 Å². The molecule has 1 heterocycles. The first-order valence-corrected chi connectivity index (χ1v) is 5.83. The van der Waals surface area contributed by atoms with Crippen LogP contribution in [0.25, 0.3) is 0 Å². The first-order valence-electron chi connectivity index (χ1n) is 5.83. The van der Waals surface area contributed by atoms with Gasteiger partial charge in [0, 0.05) is 12.6 Å². The van der Waals surface area contributed by atoms with Crippen molar-refractivity contribution in [2.24, 2.45) is 0 Å². The summed E-state index contributed by atoms with van der Waals surface area (Å²) in [6.45, 7) is 1.60. The monoisotopic (exact) mass is 226 g/mol. The van der Waals surface area contributed by atoms with Crippen molar-refractivity contribution in [3.63, 3.8) is 0 Å².